The molecular weight excluding hydrogens is 887 g/mol. The minimum Gasteiger partial charge on any atom is -0.497 e. The first-order valence-corrected chi connectivity index (χ1v) is 23.1. The van der Waals surface area contributed by atoms with Crippen molar-refractivity contribution in [3.05, 3.63) is 120 Å². The summed E-state index contributed by atoms with van der Waals surface area (Å²) in [6, 6.07) is 26.9. The fourth-order valence-corrected chi connectivity index (χ4v) is 11.2. The largest absolute Gasteiger partial charge is 0.497 e. The summed E-state index contributed by atoms with van der Waals surface area (Å²) >= 11 is 1.20. The average Bonchev–Trinajstić information content (AvgIpc) is 3.93. The predicted octanol–water partition coefficient (Wildman–Crippen LogP) is 4.57. The second kappa shape index (κ2) is 19.4. The second-order valence-corrected chi connectivity index (χ2v) is 18.8. The number of aromatic nitrogens is 5. The number of methoxy groups -OCH3 is 3. The molecule has 22 heteroatoms. The van der Waals surface area contributed by atoms with Crippen LogP contribution in [0.3, 0.4) is 0 Å². The first-order chi connectivity index (χ1) is 30.7. The molecule has 0 aliphatic rings. The topological polar surface area (TPSA) is 263 Å². The monoisotopic (exact) mass is 929 g/mol. The molecule has 6 N–H and O–H groups in total. The van der Waals surface area contributed by atoms with Gasteiger partial charge in [-0.25, -0.2) is 31.3 Å². The lowest BCUT2D eigenvalue weighted by Crippen LogP contribution is -2.46. The molecule has 7 aromatic rings. The molecule has 0 aliphatic heterocycles. The first-order valence-electron chi connectivity index (χ1n) is 19.3. The number of anilines is 1. The maximum Gasteiger partial charge on any atom is 0.404 e. The van der Waals surface area contributed by atoms with Gasteiger partial charge in [0.2, 0.25) is 25.9 Å². The lowest BCUT2D eigenvalue weighted by Gasteiger charge is -2.27. The van der Waals surface area contributed by atoms with E-state index in [1.165, 1.54) is 36.4 Å². The summed E-state index contributed by atoms with van der Waals surface area (Å²) in [7, 11) is -5.43. The number of aliphatic hydroxyl groups is 1. The zero-order valence-corrected chi connectivity index (χ0v) is 37.0. The van der Waals surface area contributed by atoms with E-state index in [-0.39, 0.29) is 41.7 Å². The van der Waals surface area contributed by atoms with E-state index in [1.807, 2.05) is 0 Å². The SMILES string of the molecule is COc1ccc(CN(Cc2ccc(OC)cc2)S(=O)(=O)c2c(S(=O)(=O)NC(CO)CNC(=O)O)ccc(-c3cccc4sc(N)nc34)c2-c2nnn(Cc3ccc(OC)cc3)n2)cc1. The Morgan fingerprint density at radius 2 is 1.39 bits per heavy atom. The third kappa shape index (κ3) is 10.1. The number of tetrazole rings is 1. The van der Waals surface area contributed by atoms with Crippen molar-refractivity contribution in [3.63, 3.8) is 0 Å². The highest BCUT2D eigenvalue weighted by Crippen LogP contribution is 2.44. The van der Waals surface area contributed by atoms with Crippen LogP contribution >= 0.6 is 11.3 Å². The Morgan fingerprint density at radius 1 is 0.812 bits per heavy atom. The molecule has 19 nitrogen and oxygen atoms in total. The van der Waals surface area contributed by atoms with E-state index in [0.717, 1.165) is 15.9 Å². The van der Waals surface area contributed by atoms with E-state index < -0.39 is 55.1 Å². The van der Waals surface area contributed by atoms with E-state index in [9.17, 15) is 23.4 Å². The van der Waals surface area contributed by atoms with Gasteiger partial charge in [-0.2, -0.15) is 9.10 Å². The fraction of sp³-hybridized carbons (Fsp3) is 0.214. The second-order valence-electron chi connectivity index (χ2n) is 14.2. The number of thiazole rings is 1. The summed E-state index contributed by atoms with van der Waals surface area (Å²) < 4.78 is 81.4. The quantitative estimate of drug-likeness (QED) is 0.0744. The van der Waals surface area contributed by atoms with Gasteiger partial charge in [0, 0.05) is 25.2 Å². The molecule has 1 unspecified atom stereocenters. The Bertz CT molecular complexity index is 2930. The van der Waals surface area contributed by atoms with Gasteiger partial charge in [0.15, 0.2) is 5.13 Å². The van der Waals surface area contributed by atoms with E-state index in [0.29, 0.717) is 44.2 Å². The highest BCUT2D eigenvalue weighted by molar-refractivity contribution is 7.92. The summed E-state index contributed by atoms with van der Waals surface area (Å²) in [5.74, 6) is 1.42. The minimum atomic E-state index is -5.02. The molecule has 7 rings (SSSR count). The van der Waals surface area contributed by atoms with Crippen LogP contribution in [0.1, 0.15) is 16.7 Å². The van der Waals surface area contributed by atoms with E-state index in [1.54, 1.807) is 98.1 Å². The van der Waals surface area contributed by atoms with E-state index in [4.69, 9.17) is 19.9 Å². The van der Waals surface area contributed by atoms with Gasteiger partial charge in [0.05, 0.1) is 56.3 Å². The van der Waals surface area contributed by atoms with Crippen LogP contribution in [0.2, 0.25) is 0 Å². The molecular formula is C42H43N9O10S3. The number of aliphatic hydroxyl groups excluding tert-OH is 1. The van der Waals surface area contributed by atoms with E-state index in [2.05, 4.69) is 30.4 Å². The van der Waals surface area contributed by atoms with Gasteiger partial charge in [-0.15, -0.1) is 10.2 Å². The summed E-state index contributed by atoms with van der Waals surface area (Å²) in [6.07, 6.45) is -1.47. The Hall–Kier alpha value is -6.69. The minimum absolute atomic E-state index is 0.0853. The molecule has 1 amide bonds. The molecule has 0 bridgehead atoms. The van der Waals surface area contributed by atoms with Crippen LogP contribution in [0, 0.1) is 0 Å². The van der Waals surface area contributed by atoms with Crippen molar-refractivity contribution in [2.24, 2.45) is 0 Å². The normalized spacial score (nSPS) is 12.3. The van der Waals surface area contributed by atoms with Crippen molar-refractivity contribution >= 4 is 52.8 Å². The van der Waals surface area contributed by atoms with Crippen molar-refractivity contribution < 1.29 is 46.1 Å². The smallest absolute Gasteiger partial charge is 0.404 e. The van der Waals surface area contributed by atoms with Crippen LogP contribution in [-0.4, -0.2) is 103 Å². The fourth-order valence-electron chi connectivity index (χ4n) is 6.83. The number of hydrogen-bond donors (Lipinski definition) is 5. The standard InChI is InChI=1S/C42H43N9O10S3/c1-59-30-13-7-26(8-14-30)22-50(23-27-9-15-31(60-2)16-10-27)64(57,58)39-36(63(55,56)48-29(25-52)21-44-42(53)54)20-19-33(34-5-4-6-35-38(34)45-41(43)62-35)37(39)40-46-49-51(47-40)24-28-11-17-32(61-3)18-12-28/h4-20,29,44,48,52H,21-25H2,1-3H3,(H2,43,45)(H,53,54). The first kappa shape index (κ1) is 45.3. The highest BCUT2D eigenvalue weighted by Gasteiger charge is 2.39. The summed E-state index contributed by atoms with van der Waals surface area (Å²) in [5, 5.41) is 35.0. The molecule has 0 saturated carbocycles. The van der Waals surface area contributed by atoms with Crippen molar-refractivity contribution in [1.82, 2.24) is 39.5 Å². The number of nitrogens with one attached hydrogen (secondary N) is 2. The van der Waals surface area contributed by atoms with Gasteiger partial charge in [0.1, 0.15) is 27.0 Å². The van der Waals surface area contributed by atoms with Crippen LogP contribution in [0.4, 0.5) is 9.93 Å². The molecule has 2 heterocycles. The number of amides is 1. The van der Waals surface area contributed by atoms with Crippen LogP contribution in [0.5, 0.6) is 17.2 Å². The number of nitrogen functional groups attached to an aromatic ring is 1. The van der Waals surface area contributed by atoms with Gasteiger partial charge in [0.25, 0.3) is 0 Å². The molecule has 0 saturated heterocycles. The Kier molecular flexibility index (Phi) is 13.7. The molecule has 2 aromatic heterocycles. The van der Waals surface area contributed by atoms with E-state index >= 15 is 8.42 Å². The summed E-state index contributed by atoms with van der Waals surface area (Å²) in [4.78, 5) is 15.7. The Balaban J connectivity index is 1.51. The van der Waals surface area contributed by atoms with Crippen LogP contribution in [-0.2, 0) is 39.7 Å². The van der Waals surface area contributed by atoms with Gasteiger partial charge < -0.3 is 35.5 Å². The van der Waals surface area contributed by atoms with Crippen LogP contribution in [0.15, 0.2) is 113 Å². The number of nitrogens with zero attached hydrogens (tertiary/aromatic N) is 6. The third-order valence-electron chi connectivity index (χ3n) is 9.97. The highest BCUT2D eigenvalue weighted by atomic mass is 32.2. The predicted molar refractivity (Wildman–Crippen MR) is 238 cm³/mol. The third-order valence-corrected chi connectivity index (χ3v) is 14.4. The number of sulfonamides is 2. The maximum absolute atomic E-state index is 15.9. The van der Waals surface area contributed by atoms with Crippen molar-refractivity contribution in [2.45, 2.75) is 35.5 Å². The van der Waals surface area contributed by atoms with Crippen molar-refractivity contribution in [2.75, 3.05) is 40.2 Å². The van der Waals surface area contributed by atoms with Gasteiger partial charge >= 0.3 is 6.09 Å². The number of hydrogen-bond acceptors (Lipinski definition) is 15. The molecule has 0 aliphatic carbocycles. The molecule has 1 atom stereocenters. The molecule has 64 heavy (non-hydrogen) atoms. The van der Waals surface area contributed by atoms with Gasteiger partial charge in [-0.3, -0.25) is 0 Å². The number of nitrogens with two attached hydrogens (primary N) is 1. The molecule has 0 radical (unpaired) electrons. The average molecular weight is 930 g/mol. The number of benzene rings is 5. The zero-order valence-electron chi connectivity index (χ0n) is 34.6. The summed E-state index contributed by atoms with van der Waals surface area (Å²) in [6.45, 7) is -1.82. The molecule has 334 valence electrons. The van der Waals surface area contributed by atoms with Crippen molar-refractivity contribution in [3.8, 4) is 39.8 Å². The molecule has 5 aromatic carbocycles. The van der Waals surface area contributed by atoms with Crippen LogP contribution < -0.4 is 30.0 Å². The lowest BCUT2D eigenvalue weighted by atomic mass is 9.98. The number of carboxylic acid groups (broad SMARTS) is 1. The number of carbonyl (C=O) groups is 1. The maximum atomic E-state index is 15.9. The Labute approximate surface area is 372 Å². The van der Waals surface area contributed by atoms with Crippen molar-refractivity contribution in [1.29, 1.82) is 0 Å². The number of fused-ring (bicyclic) bond motifs is 1. The lowest BCUT2D eigenvalue weighted by molar-refractivity contribution is 0.190. The summed E-state index contributed by atoms with van der Waals surface area (Å²) in [5.41, 5.74) is 8.73. The molecule has 0 fully saturated rings. The number of para-hydroxylation sites is 1. The molecule has 0 spiro atoms. The zero-order chi connectivity index (χ0) is 45.6. The Morgan fingerprint density at radius 3 is 1.94 bits per heavy atom. The van der Waals surface area contributed by atoms with Crippen LogP contribution in [0.25, 0.3) is 32.7 Å². The number of ether oxygens (including phenoxy) is 3. The van der Waals surface area contributed by atoms with Gasteiger partial charge in [-0.05, 0) is 76.0 Å². The number of rotatable bonds is 19. The van der Waals surface area contributed by atoms with Gasteiger partial charge in [-0.1, -0.05) is 65.9 Å².